The van der Waals surface area contributed by atoms with Gasteiger partial charge in [0.2, 0.25) is 53.2 Å². The molecular weight excluding hydrogens is 1210 g/mol. The third kappa shape index (κ3) is 19.7. The number of rotatable bonds is 33. The number of fused-ring (bicyclic) bond motifs is 1. The van der Waals surface area contributed by atoms with Crippen molar-refractivity contribution in [2.75, 3.05) is 19.7 Å². The molecule has 17 N–H and O–H groups in total. The number of hydrogen-bond donors (Lipinski definition) is 16. The van der Waals surface area contributed by atoms with E-state index in [1.807, 2.05) is 30.3 Å². The molecular formula is C64H81N17O13. The molecule has 2 saturated heterocycles. The van der Waals surface area contributed by atoms with Crippen LogP contribution in [0.1, 0.15) is 86.9 Å². The summed E-state index contributed by atoms with van der Waals surface area (Å²) >= 11 is 0. The average molecular weight is 1300 g/mol. The fraction of sp³-hybridized carbons (Fsp3) is 0.422. The number of nitrogens with zero attached hydrogens (tertiary/aromatic N) is 4. The van der Waals surface area contributed by atoms with Crippen molar-refractivity contribution < 1.29 is 63.3 Å². The van der Waals surface area contributed by atoms with Gasteiger partial charge in [0.25, 0.3) is 0 Å². The minimum absolute atomic E-state index is 0.00387. The highest BCUT2D eigenvalue weighted by atomic mass is 16.4. The monoisotopic (exact) mass is 1300 g/mol. The summed E-state index contributed by atoms with van der Waals surface area (Å²) in [4.78, 5) is 156. The van der Waals surface area contributed by atoms with E-state index in [9.17, 15) is 58.5 Å². The van der Waals surface area contributed by atoms with Gasteiger partial charge in [-0.2, -0.15) is 0 Å². The Kier molecular flexibility index (Phi) is 24.4. The number of hydrogen-bond acceptors (Lipinski definition) is 15. The average Bonchev–Trinajstić information content (AvgIpc) is 1.62. The van der Waals surface area contributed by atoms with Gasteiger partial charge in [-0.3, -0.25) is 48.6 Å². The molecule has 6 aromatic rings. The van der Waals surface area contributed by atoms with Gasteiger partial charge >= 0.3 is 5.97 Å². The molecule has 30 nitrogen and oxygen atoms in total. The van der Waals surface area contributed by atoms with Crippen LogP contribution in [0.15, 0.2) is 110 Å². The Balaban J connectivity index is 1.06. The van der Waals surface area contributed by atoms with E-state index in [1.165, 1.54) is 48.0 Å². The first-order chi connectivity index (χ1) is 45.1. The lowest BCUT2D eigenvalue weighted by Gasteiger charge is -2.30. The van der Waals surface area contributed by atoms with Crippen molar-refractivity contribution in [3.05, 3.63) is 138 Å². The quantitative estimate of drug-likeness (QED) is 0.0136. The molecule has 0 aliphatic carbocycles. The number of phenols is 1. The number of H-pyrrole nitrogens is 2. The van der Waals surface area contributed by atoms with Gasteiger partial charge in [0.1, 0.15) is 60.1 Å². The highest BCUT2D eigenvalue weighted by Crippen LogP contribution is 2.22. The Morgan fingerprint density at radius 1 is 0.691 bits per heavy atom. The fourth-order valence-electron chi connectivity index (χ4n) is 11.3. The number of nitrogens with one attached hydrogen (secondary N) is 12. The van der Waals surface area contributed by atoms with Gasteiger partial charge in [-0.05, 0) is 79.3 Å². The Hall–Kier alpha value is -10.6. The van der Waals surface area contributed by atoms with E-state index < -0.39 is 114 Å². The maximum atomic E-state index is 15.1. The number of para-hydroxylation sites is 1. The SMILES string of the molecule is CC(C)CC(NC(=O)C(Cc1cn(Cc2ccccc2)cn1)NC(=O)C(Cc1ccc(O)cc1)NC(=O)C(CO)NC(=O)C(Cc1c[nH]c2ccccc12)NC(=O)C(Cc1c[nH]cn1)NC(=O)[C@@H]1CCC(=O)N1)C(=O)NC(CCCNC(=N)N)C(=O)N1CCC[C@H]1C(=O)O. The van der Waals surface area contributed by atoms with E-state index in [-0.39, 0.29) is 101 Å². The number of benzene rings is 3. The Labute approximate surface area is 540 Å². The molecule has 0 bridgehead atoms. The van der Waals surface area contributed by atoms with Gasteiger partial charge < -0.3 is 88.3 Å². The minimum atomic E-state index is -1.81. The summed E-state index contributed by atoms with van der Waals surface area (Å²) in [5, 5.41) is 63.4. The number of nitrogens with two attached hydrogens (primary N) is 1. The van der Waals surface area contributed by atoms with Gasteiger partial charge in [-0.1, -0.05) is 74.5 Å². The van der Waals surface area contributed by atoms with Crippen LogP contribution in [0.5, 0.6) is 5.75 Å². The molecule has 94 heavy (non-hydrogen) atoms. The molecule has 0 radical (unpaired) electrons. The molecule has 9 amide bonds. The molecule has 8 rings (SSSR count). The minimum Gasteiger partial charge on any atom is -0.508 e. The van der Waals surface area contributed by atoms with Crippen LogP contribution in [-0.2, 0) is 80.2 Å². The number of aliphatic hydroxyl groups excluding tert-OH is 1. The van der Waals surface area contributed by atoms with E-state index in [4.69, 9.17) is 11.1 Å². The highest BCUT2D eigenvalue weighted by Gasteiger charge is 2.40. The molecule has 3 aromatic heterocycles. The second kappa shape index (κ2) is 33.1. The number of imidazole rings is 2. The number of likely N-dealkylation sites (tertiary alicyclic amines) is 1. The number of aromatic nitrogens is 5. The lowest BCUT2D eigenvalue weighted by Crippen LogP contribution is -2.61. The number of carbonyl (C=O) groups excluding carboxylic acids is 9. The van der Waals surface area contributed by atoms with E-state index in [1.54, 1.807) is 55.1 Å². The van der Waals surface area contributed by atoms with E-state index >= 15 is 4.79 Å². The molecule has 3 aromatic carbocycles. The van der Waals surface area contributed by atoms with Crippen LogP contribution in [0.3, 0.4) is 0 Å². The maximum absolute atomic E-state index is 15.1. The summed E-state index contributed by atoms with van der Waals surface area (Å²) in [5.74, 6) is -9.08. The standard InChI is InChI=1S/C64H81N17O13/c1-36(2)24-47(56(86)73-46(14-8-22-68-64(65)66)62(92)81-23-9-15-53(81)63(93)94)74-60(90)51(28-41-32-80(35-71-41)31-38-10-4-3-5-11-38)78-57(87)48(25-37-16-18-42(83)19-17-37)75-61(91)52(33-82)79-58(88)49(26-39-29-69-44-13-7-6-12-43(39)44)76-59(89)50(27-40-30-67-34-70-40)77-55(85)45-20-21-54(84)72-45/h3-7,10-13,16-19,29-30,32,34-36,45-53,69,82-83H,8-9,14-15,20-28,31,33H2,1-2H3,(H,67,70)(H,72,84)(H,73,86)(H,74,90)(H,75,91)(H,76,89)(H,77,85)(H,78,87)(H,79,88)(H,93,94)(H4,65,66,68)/t45-,46?,47?,48?,49?,50?,51?,52?,53-/m0/s1. The highest BCUT2D eigenvalue weighted by molar-refractivity contribution is 5.99. The smallest absolute Gasteiger partial charge is 0.326 e. The van der Waals surface area contributed by atoms with Crippen LogP contribution < -0.4 is 53.6 Å². The number of aromatic hydroxyl groups is 1. The van der Waals surface area contributed by atoms with Crippen molar-refractivity contribution in [3.63, 3.8) is 0 Å². The lowest BCUT2D eigenvalue weighted by molar-refractivity contribution is -0.149. The van der Waals surface area contributed by atoms with E-state index in [2.05, 4.69) is 67.8 Å². The molecule has 500 valence electrons. The van der Waals surface area contributed by atoms with Crippen LogP contribution in [-0.4, -0.2) is 184 Å². The third-order valence-corrected chi connectivity index (χ3v) is 16.2. The van der Waals surface area contributed by atoms with Gasteiger partial charge in [0, 0.05) is 81.2 Å². The molecule has 2 aliphatic rings. The molecule has 5 heterocycles. The topological polar surface area (TPSA) is 455 Å². The number of carboxylic acids is 1. The van der Waals surface area contributed by atoms with E-state index in [0.717, 1.165) is 5.56 Å². The predicted molar refractivity (Wildman–Crippen MR) is 340 cm³/mol. The summed E-state index contributed by atoms with van der Waals surface area (Å²) in [5.41, 5.74) is 8.77. The number of aromatic amines is 2. The second-order valence-corrected chi connectivity index (χ2v) is 23.8. The van der Waals surface area contributed by atoms with Crippen LogP contribution in [0, 0.1) is 11.3 Å². The second-order valence-electron chi connectivity index (χ2n) is 23.8. The maximum Gasteiger partial charge on any atom is 0.326 e. The largest absolute Gasteiger partial charge is 0.508 e. The number of aliphatic hydroxyl groups is 1. The number of carbonyl (C=O) groups is 10. The van der Waals surface area contributed by atoms with Gasteiger partial charge in [-0.25, -0.2) is 14.8 Å². The Bertz CT molecular complexity index is 3630. The molecule has 30 heteroatoms. The molecule has 2 aliphatic heterocycles. The van der Waals surface area contributed by atoms with Gasteiger partial charge in [0.05, 0.1) is 30.6 Å². The van der Waals surface area contributed by atoms with Crippen molar-refractivity contribution in [1.29, 1.82) is 5.41 Å². The summed E-state index contributed by atoms with van der Waals surface area (Å²) in [6.07, 6.45) is 7.95. The zero-order valence-electron chi connectivity index (χ0n) is 52.1. The van der Waals surface area contributed by atoms with Crippen LogP contribution in [0.2, 0.25) is 0 Å². The number of amides is 9. The van der Waals surface area contributed by atoms with Gasteiger partial charge in [0.15, 0.2) is 5.96 Å². The first-order valence-electron chi connectivity index (χ1n) is 31.1. The molecule has 0 spiro atoms. The van der Waals surface area contributed by atoms with Crippen molar-refractivity contribution >= 4 is 76.0 Å². The first kappa shape index (κ1) is 69.2. The van der Waals surface area contributed by atoms with Gasteiger partial charge in [-0.15, -0.1) is 0 Å². The van der Waals surface area contributed by atoms with Crippen LogP contribution in [0.25, 0.3) is 10.9 Å². The van der Waals surface area contributed by atoms with Crippen LogP contribution in [0.4, 0.5) is 0 Å². The van der Waals surface area contributed by atoms with E-state index in [0.29, 0.717) is 46.4 Å². The number of aliphatic carboxylic acids is 1. The predicted octanol–water partition coefficient (Wildman–Crippen LogP) is -0.839. The summed E-state index contributed by atoms with van der Waals surface area (Å²) in [7, 11) is 0. The molecule has 2 fully saturated rings. The number of carboxylic acid groups (broad SMARTS) is 1. The van der Waals surface area contributed by atoms with Crippen molar-refractivity contribution in [3.8, 4) is 5.75 Å². The normalized spacial score (nSPS) is 16.7. The zero-order chi connectivity index (χ0) is 67.4. The molecule has 0 saturated carbocycles. The Morgan fingerprint density at radius 2 is 1.30 bits per heavy atom. The molecule has 9 atom stereocenters. The lowest BCUT2D eigenvalue weighted by atomic mass is 10.0. The van der Waals surface area contributed by atoms with Crippen LogP contribution >= 0.6 is 0 Å². The third-order valence-electron chi connectivity index (χ3n) is 16.2. The van der Waals surface area contributed by atoms with Crippen molar-refractivity contribution in [2.24, 2.45) is 11.7 Å². The summed E-state index contributed by atoms with van der Waals surface area (Å²) in [6, 6.07) is 9.79. The first-order valence-corrected chi connectivity index (χ1v) is 31.1. The number of phenolic OH excluding ortho intramolecular Hbond substituents is 1. The summed E-state index contributed by atoms with van der Waals surface area (Å²) in [6.45, 7) is 3.20. The summed E-state index contributed by atoms with van der Waals surface area (Å²) < 4.78 is 1.76. The molecule has 7 unspecified atom stereocenters. The van der Waals surface area contributed by atoms with Crippen molar-refractivity contribution in [2.45, 2.75) is 145 Å². The number of guanidine groups is 1. The van der Waals surface area contributed by atoms with Crippen molar-refractivity contribution in [1.82, 2.24) is 77.3 Å². The zero-order valence-corrected chi connectivity index (χ0v) is 52.1. The fourth-order valence-corrected chi connectivity index (χ4v) is 11.3. The Morgan fingerprint density at radius 3 is 1.94 bits per heavy atom.